The van der Waals surface area contributed by atoms with E-state index in [1.54, 1.807) is 10.7 Å². The minimum atomic E-state index is 0.557. The lowest BCUT2D eigenvalue weighted by atomic mass is 10.2. The molecule has 6 nitrogen and oxygen atoms in total. The Labute approximate surface area is 133 Å². The molecule has 1 N–H and O–H groups in total. The second kappa shape index (κ2) is 5.80. The zero-order chi connectivity index (χ0) is 13.9. The van der Waals surface area contributed by atoms with Gasteiger partial charge in [-0.25, -0.2) is 4.68 Å². The number of hydrogen-bond acceptors (Lipinski definition) is 5. The van der Waals surface area contributed by atoms with Crippen molar-refractivity contribution in [2.75, 3.05) is 5.32 Å². The van der Waals surface area contributed by atoms with Crippen LogP contribution < -0.4 is 5.32 Å². The van der Waals surface area contributed by atoms with E-state index in [1.807, 2.05) is 24.3 Å². The van der Waals surface area contributed by atoms with Gasteiger partial charge in [-0.1, -0.05) is 11.6 Å². The Morgan fingerprint density at radius 3 is 2.90 bits per heavy atom. The molecule has 2 heterocycles. The van der Waals surface area contributed by atoms with Crippen LogP contribution in [-0.2, 0) is 6.54 Å². The molecule has 102 valence electrons. The quantitative estimate of drug-likeness (QED) is 0.680. The largest absolute Gasteiger partial charge is 0.454 e. The van der Waals surface area contributed by atoms with E-state index >= 15 is 0 Å². The Morgan fingerprint density at radius 1 is 1.30 bits per heavy atom. The van der Waals surface area contributed by atoms with Crippen molar-refractivity contribution in [2.24, 2.45) is 0 Å². The van der Waals surface area contributed by atoms with Crippen LogP contribution >= 0.6 is 34.2 Å². The van der Waals surface area contributed by atoms with E-state index in [-0.39, 0.29) is 0 Å². The van der Waals surface area contributed by atoms with Crippen LogP contribution in [0, 0.1) is 3.77 Å². The number of halogens is 2. The fourth-order valence-corrected chi connectivity index (χ4v) is 2.35. The van der Waals surface area contributed by atoms with Crippen molar-refractivity contribution in [3.8, 4) is 5.69 Å². The van der Waals surface area contributed by atoms with E-state index in [2.05, 4.69) is 43.4 Å². The van der Waals surface area contributed by atoms with Gasteiger partial charge in [-0.2, -0.15) is 0 Å². The molecule has 0 bridgehead atoms. The number of furan rings is 1. The molecular weight excluding hydrogens is 393 g/mol. The smallest absolute Gasteiger partial charge is 0.164 e. The first-order valence-corrected chi connectivity index (χ1v) is 7.19. The van der Waals surface area contributed by atoms with Gasteiger partial charge in [0.05, 0.1) is 22.9 Å². The van der Waals surface area contributed by atoms with Gasteiger partial charge < -0.3 is 9.73 Å². The van der Waals surface area contributed by atoms with Crippen LogP contribution in [0.3, 0.4) is 0 Å². The molecule has 2 aromatic heterocycles. The van der Waals surface area contributed by atoms with Crippen LogP contribution in [0.1, 0.15) is 5.76 Å². The molecule has 0 fully saturated rings. The lowest BCUT2D eigenvalue weighted by Crippen LogP contribution is -2.01. The van der Waals surface area contributed by atoms with Crippen LogP contribution in [0.5, 0.6) is 0 Å². The van der Waals surface area contributed by atoms with E-state index in [0.29, 0.717) is 11.6 Å². The average Bonchev–Trinajstić information content (AvgIpc) is 3.09. The number of tetrazole rings is 1. The first-order chi connectivity index (χ1) is 9.72. The van der Waals surface area contributed by atoms with Gasteiger partial charge >= 0.3 is 0 Å². The summed E-state index contributed by atoms with van der Waals surface area (Å²) in [5, 5.41) is 14.9. The Hall–Kier alpha value is -1.61. The fraction of sp³-hybridized carbons (Fsp3) is 0.0833. The average molecular weight is 402 g/mol. The van der Waals surface area contributed by atoms with Gasteiger partial charge in [0.25, 0.3) is 0 Å². The minimum absolute atomic E-state index is 0.557. The number of rotatable bonds is 4. The van der Waals surface area contributed by atoms with Gasteiger partial charge in [-0.3, -0.25) is 0 Å². The molecule has 0 aliphatic rings. The molecule has 8 heteroatoms. The molecule has 0 radical (unpaired) electrons. The second-order valence-electron chi connectivity index (χ2n) is 3.98. The van der Waals surface area contributed by atoms with E-state index in [1.165, 1.54) is 6.33 Å². The lowest BCUT2D eigenvalue weighted by molar-refractivity contribution is 0.493. The second-order valence-corrected chi connectivity index (χ2v) is 5.45. The third-order valence-corrected chi connectivity index (χ3v) is 3.55. The summed E-state index contributed by atoms with van der Waals surface area (Å²) < 4.78 is 7.91. The lowest BCUT2D eigenvalue weighted by Gasteiger charge is -2.09. The molecule has 3 rings (SSSR count). The van der Waals surface area contributed by atoms with Crippen LogP contribution in [-0.4, -0.2) is 20.2 Å². The fourth-order valence-electron chi connectivity index (χ4n) is 1.70. The molecule has 3 aromatic rings. The van der Waals surface area contributed by atoms with E-state index in [0.717, 1.165) is 20.9 Å². The van der Waals surface area contributed by atoms with Crippen LogP contribution in [0.25, 0.3) is 5.69 Å². The summed E-state index contributed by atoms with van der Waals surface area (Å²) in [4.78, 5) is 0. The maximum Gasteiger partial charge on any atom is 0.164 e. The number of aromatic nitrogens is 4. The summed E-state index contributed by atoms with van der Waals surface area (Å²) in [5.74, 6) is 0.846. The number of nitrogens with zero attached hydrogens (tertiary/aromatic N) is 4. The number of hydrogen-bond donors (Lipinski definition) is 1. The Bertz CT molecular complexity index is 712. The van der Waals surface area contributed by atoms with Crippen molar-refractivity contribution in [1.82, 2.24) is 20.2 Å². The zero-order valence-electron chi connectivity index (χ0n) is 10.1. The van der Waals surface area contributed by atoms with Crippen molar-refractivity contribution >= 4 is 39.9 Å². The van der Waals surface area contributed by atoms with Crippen molar-refractivity contribution < 1.29 is 4.42 Å². The molecule has 0 aliphatic carbocycles. The SMILES string of the molecule is Clc1ccc(-n2cnnn2)cc1NCc1ccc(I)o1. The molecular formula is C12H9ClIN5O. The Kier molecular flexibility index (Phi) is 3.88. The van der Waals surface area contributed by atoms with Crippen molar-refractivity contribution in [3.63, 3.8) is 0 Å². The van der Waals surface area contributed by atoms with Gasteiger partial charge in [0.15, 0.2) is 3.77 Å². The summed E-state index contributed by atoms with van der Waals surface area (Å²) in [7, 11) is 0. The third-order valence-electron chi connectivity index (χ3n) is 2.65. The molecule has 0 atom stereocenters. The van der Waals surface area contributed by atoms with E-state index in [4.69, 9.17) is 16.0 Å². The highest BCUT2D eigenvalue weighted by Crippen LogP contribution is 2.25. The van der Waals surface area contributed by atoms with Gasteiger partial charge in [0, 0.05) is 0 Å². The topological polar surface area (TPSA) is 68.8 Å². The summed E-state index contributed by atoms with van der Waals surface area (Å²) >= 11 is 8.30. The van der Waals surface area contributed by atoms with Crippen LogP contribution in [0.15, 0.2) is 41.1 Å². The van der Waals surface area contributed by atoms with Crippen LogP contribution in [0.4, 0.5) is 5.69 Å². The summed E-state index contributed by atoms with van der Waals surface area (Å²) in [6, 6.07) is 9.36. The van der Waals surface area contributed by atoms with Crippen molar-refractivity contribution in [3.05, 3.63) is 51.2 Å². The highest BCUT2D eigenvalue weighted by molar-refractivity contribution is 14.1. The first kappa shape index (κ1) is 13.4. The van der Waals surface area contributed by atoms with E-state index in [9.17, 15) is 0 Å². The monoisotopic (exact) mass is 401 g/mol. The van der Waals surface area contributed by atoms with Crippen molar-refractivity contribution in [1.29, 1.82) is 0 Å². The van der Waals surface area contributed by atoms with Gasteiger partial charge in [0.2, 0.25) is 0 Å². The molecule has 20 heavy (non-hydrogen) atoms. The maximum absolute atomic E-state index is 6.17. The molecule has 0 saturated carbocycles. The van der Waals surface area contributed by atoms with Gasteiger partial charge in [-0.05, 0) is 63.3 Å². The number of anilines is 1. The first-order valence-electron chi connectivity index (χ1n) is 5.73. The summed E-state index contributed by atoms with van der Waals surface area (Å²) in [6.07, 6.45) is 1.53. The molecule has 0 aliphatic heterocycles. The summed E-state index contributed by atoms with van der Waals surface area (Å²) in [5.41, 5.74) is 1.63. The van der Waals surface area contributed by atoms with E-state index < -0.39 is 0 Å². The molecule has 0 amide bonds. The predicted molar refractivity (Wildman–Crippen MR) is 82.9 cm³/mol. The highest BCUT2D eigenvalue weighted by atomic mass is 127. The maximum atomic E-state index is 6.17. The standard InChI is InChI=1S/C12H9ClIN5O/c13-10-3-1-8(19-7-16-17-18-19)5-11(10)15-6-9-2-4-12(14)20-9/h1-5,7,15H,6H2. The molecule has 1 aromatic carbocycles. The normalized spacial score (nSPS) is 10.7. The third kappa shape index (κ3) is 2.93. The highest BCUT2D eigenvalue weighted by Gasteiger charge is 2.06. The van der Waals surface area contributed by atoms with Gasteiger partial charge in [-0.15, -0.1) is 5.10 Å². The molecule has 0 spiro atoms. The summed E-state index contributed by atoms with van der Waals surface area (Å²) in [6.45, 7) is 0.557. The van der Waals surface area contributed by atoms with Gasteiger partial charge in [0.1, 0.15) is 12.1 Å². The molecule has 0 saturated heterocycles. The van der Waals surface area contributed by atoms with Crippen LogP contribution in [0.2, 0.25) is 5.02 Å². The number of nitrogens with one attached hydrogen (secondary N) is 1. The minimum Gasteiger partial charge on any atom is -0.454 e. The van der Waals surface area contributed by atoms with Crippen molar-refractivity contribution in [2.45, 2.75) is 6.54 Å². The Balaban J connectivity index is 1.80. The zero-order valence-corrected chi connectivity index (χ0v) is 13.0. The predicted octanol–water partition coefficient (Wildman–Crippen LogP) is 3.13. The Morgan fingerprint density at radius 2 is 2.20 bits per heavy atom. The molecule has 0 unspecified atom stereocenters. The number of benzene rings is 1.